The first-order valence-corrected chi connectivity index (χ1v) is 5.88. The van der Waals surface area contributed by atoms with Crippen molar-refractivity contribution in [3.8, 4) is 0 Å². The molecule has 0 spiro atoms. The van der Waals surface area contributed by atoms with Crippen LogP contribution in [-0.4, -0.2) is 17.0 Å². The first kappa shape index (κ1) is 14.0. The summed E-state index contributed by atoms with van der Waals surface area (Å²) in [6.45, 7) is 2.42. The second kappa shape index (κ2) is 7.27. The average molecular weight is 247 g/mol. The van der Waals surface area contributed by atoms with Crippen LogP contribution in [0.4, 0.5) is 0 Å². The average Bonchev–Trinajstić information content (AvgIpc) is 2.35. The van der Waals surface area contributed by atoms with E-state index < -0.39 is 5.97 Å². The molecule has 4 heteroatoms. The van der Waals surface area contributed by atoms with Crippen molar-refractivity contribution in [3.63, 3.8) is 0 Å². The third-order valence-electron chi connectivity index (χ3n) is 2.34. The minimum absolute atomic E-state index is 0.0315. The Morgan fingerprint density at radius 3 is 2.83 bits per heavy atom. The summed E-state index contributed by atoms with van der Waals surface area (Å²) in [6, 6.07) is 7.40. The summed E-state index contributed by atoms with van der Waals surface area (Å²) >= 11 is 0. The number of amides is 1. The number of aliphatic carboxylic acids is 1. The number of carbonyl (C=O) groups is 2. The zero-order valence-corrected chi connectivity index (χ0v) is 10.3. The zero-order chi connectivity index (χ0) is 13.4. The van der Waals surface area contributed by atoms with Gasteiger partial charge in [-0.1, -0.05) is 25.1 Å². The van der Waals surface area contributed by atoms with Gasteiger partial charge in [0.25, 0.3) is 0 Å². The maximum absolute atomic E-state index is 11.3. The molecule has 1 aromatic carbocycles. The Balaban J connectivity index is 2.59. The monoisotopic (exact) mass is 247 g/mol. The molecule has 1 amide bonds. The molecule has 0 radical (unpaired) electrons. The van der Waals surface area contributed by atoms with Crippen molar-refractivity contribution >= 4 is 18.0 Å². The van der Waals surface area contributed by atoms with Crippen molar-refractivity contribution in [1.29, 1.82) is 0 Å². The Bertz CT molecular complexity index is 452. The van der Waals surface area contributed by atoms with Crippen LogP contribution < -0.4 is 5.32 Å². The van der Waals surface area contributed by atoms with Crippen LogP contribution in [0, 0.1) is 0 Å². The molecule has 0 aliphatic carbocycles. The summed E-state index contributed by atoms with van der Waals surface area (Å²) in [5.74, 6) is -0.944. The van der Waals surface area contributed by atoms with Crippen LogP contribution in [0.15, 0.2) is 30.3 Å². The Morgan fingerprint density at radius 1 is 1.39 bits per heavy atom. The quantitative estimate of drug-likeness (QED) is 0.757. The van der Waals surface area contributed by atoms with E-state index in [0.29, 0.717) is 13.0 Å². The molecular formula is C14H17NO3. The fourth-order valence-electron chi connectivity index (χ4n) is 1.49. The molecule has 2 N–H and O–H groups in total. The number of carboxylic acid groups (broad SMARTS) is 1. The van der Waals surface area contributed by atoms with Crippen LogP contribution in [0.2, 0.25) is 0 Å². The van der Waals surface area contributed by atoms with E-state index in [0.717, 1.165) is 23.6 Å². The molecule has 0 atom stereocenters. The molecule has 0 saturated carbocycles. The van der Waals surface area contributed by atoms with E-state index in [1.165, 1.54) is 6.08 Å². The second-order valence-corrected chi connectivity index (χ2v) is 3.94. The minimum Gasteiger partial charge on any atom is -0.478 e. The Labute approximate surface area is 106 Å². The van der Waals surface area contributed by atoms with E-state index in [4.69, 9.17) is 5.11 Å². The fourth-order valence-corrected chi connectivity index (χ4v) is 1.49. The van der Waals surface area contributed by atoms with Crippen LogP contribution in [0.5, 0.6) is 0 Å². The van der Waals surface area contributed by atoms with E-state index in [1.54, 1.807) is 0 Å². The lowest BCUT2D eigenvalue weighted by atomic mass is 10.1. The lowest BCUT2D eigenvalue weighted by molar-refractivity contribution is -0.131. The highest BCUT2D eigenvalue weighted by Gasteiger charge is 1.99. The van der Waals surface area contributed by atoms with Gasteiger partial charge in [0.05, 0.1) is 0 Å². The lowest BCUT2D eigenvalue weighted by Gasteiger charge is -2.05. The number of carbonyl (C=O) groups excluding carboxylic acids is 1. The summed E-state index contributed by atoms with van der Waals surface area (Å²) in [5.41, 5.74) is 1.76. The van der Waals surface area contributed by atoms with Crippen LogP contribution in [0.3, 0.4) is 0 Å². The van der Waals surface area contributed by atoms with Crippen LogP contribution in [-0.2, 0) is 16.1 Å². The van der Waals surface area contributed by atoms with E-state index in [-0.39, 0.29) is 5.91 Å². The fraction of sp³-hybridized carbons (Fsp3) is 0.286. The van der Waals surface area contributed by atoms with Gasteiger partial charge < -0.3 is 10.4 Å². The minimum atomic E-state index is -0.975. The third-order valence-corrected chi connectivity index (χ3v) is 2.34. The maximum atomic E-state index is 11.3. The number of carboxylic acids is 1. The number of benzene rings is 1. The molecule has 0 aliphatic rings. The van der Waals surface area contributed by atoms with Gasteiger partial charge in [-0.05, 0) is 29.7 Å². The molecule has 0 bridgehead atoms. The highest BCUT2D eigenvalue weighted by atomic mass is 16.4. The van der Waals surface area contributed by atoms with Gasteiger partial charge in [0, 0.05) is 19.0 Å². The third kappa shape index (κ3) is 5.30. The van der Waals surface area contributed by atoms with Gasteiger partial charge in [-0.25, -0.2) is 4.79 Å². The first-order chi connectivity index (χ1) is 8.61. The van der Waals surface area contributed by atoms with Crippen LogP contribution >= 0.6 is 0 Å². The molecule has 0 fully saturated rings. The van der Waals surface area contributed by atoms with E-state index >= 15 is 0 Å². The highest BCUT2D eigenvalue weighted by molar-refractivity contribution is 5.85. The van der Waals surface area contributed by atoms with Crippen molar-refractivity contribution in [2.45, 2.75) is 26.3 Å². The smallest absolute Gasteiger partial charge is 0.328 e. The molecule has 0 unspecified atom stereocenters. The molecule has 1 aromatic rings. The predicted octanol–water partition coefficient (Wildman–Crippen LogP) is 2.20. The zero-order valence-electron chi connectivity index (χ0n) is 10.3. The van der Waals surface area contributed by atoms with Gasteiger partial charge >= 0.3 is 5.97 Å². The molecule has 18 heavy (non-hydrogen) atoms. The number of nitrogens with one attached hydrogen (secondary N) is 1. The predicted molar refractivity (Wildman–Crippen MR) is 69.9 cm³/mol. The topological polar surface area (TPSA) is 66.4 Å². The number of hydrogen-bond acceptors (Lipinski definition) is 2. The van der Waals surface area contributed by atoms with Crippen molar-refractivity contribution in [2.75, 3.05) is 0 Å². The van der Waals surface area contributed by atoms with Crippen molar-refractivity contribution in [3.05, 3.63) is 41.5 Å². The van der Waals surface area contributed by atoms with E-state index in [1.807, 2.05) is 31.2 Å². The van der Waals surface area contributed by atoms with Gasteiger partial charge in [0.2, 0.25) is 5.91 Å². The summed E-state index contributed by atoms with van der Waals surface area (Å²) in [7, 11) is 0. The Kier molecular flexibility index (Phi) is 5.64. The molecular weight excluding hydrogens is 230 g/mol. The summed E-state index contributed by atoms with van der Waals surface area (Å²) < 4.78 is 0. The van der Waals surface area contributed by atoms with Gasteiger partial charge in [-0.2, -0.15) is 0 Å². The van der Waals surface area contributed by atoms with Crippen LogP contribution in [0.1, 0.15) is 30.9 Å². The van der Waals surface area contributed by atoms with Gasteiger partial charge in [0.1, 0.15) is 0 Å². The summed E-state index contributed by atoms with van der Waals surface area (Å²) in [5, 5.41) is 11.3. The van der Waals surface area contributed by atoms with Crippen molar-refractivity contribution in [2.24, 2.45) is 0 Å². The molecule has 1 rings (SSSR count). The SMILES string of the molecule is CCCC(=O)NCc1cccc(/C=C/C(=O)O)c1. The summed E-state index contributed by atoms with van der Waals surface area (Å²) in [4.78, 5) is 21.7. The molecule has 0 aromatic heterocycles. The molecule has 4 nitrogen and oxygen atoms in total. The lowest BCUT2D eigenvalue weighted by Crippen LogP contribution is -2.22. The van der Waals surface area contributed by atoms with Crippen molar-refractivity contribution in [1.82, 2.24) is 5.32 Å². The molecule has 0 aliphatic heterocycles. The van der Waals surface area contributed by atoms with Crippen molar-refractivity contribution < 1.29 is 14.7 Å². The summed E-state index contributed by atoms with van der Waals surface area (Å²) in [6.07, 6.45) is 3.97. The normalized spacial score (nSPS) is 10.5. The molecule has 0 heterocycles. The van der Waals surface area contributed by atoms with E-state index in [2.05, 4.69) is 5.32 Å². The largest absolute Gasteiger partial charge is 0.478 e. The number of hydrogen-bond donors (Lipinski definition) is 2. The molecule has 0 saturated heterocycles. The number of rotatable bonds is 6. The van der Waals surface area contributed by atoms with Gasteiger partial charge in [0.15, 0.2) is 0 Å². The second-order valence-electron chi connectivity index (χ2n) is 3.94. The highest BCUT2D eigenvalue weighted by Crippen LogP contribution is 2.07. The standard InChI is InChI=1S/C14H17NO3/c1-2-4-13(16)15-10-12-6-3-5-11(9-12)7-8-14(17)18/h3,5-9H,2,4,10H2,1H3,(H,15,16)(H,17,18)/b8-7+. The Hall–Kier alpha value is -2.10. The van der Waals surface area contributed by atoms with Gasteiger partial charge in [-0.15, -0.1) is 0 Å². The molecule has 96 valence electrons. The van der Waals surface area contributed by atoms with E-state index in [9.17, 15) is 9.59 Å². The van der Waals surface area contributed by atoms with Crippen LogP contribution in [0.25, 0.3) is 6.08 Å². The van der Waals surface area contributed by atoms with Gasteiger partial charge in [-0.3, -0.25) is 4.79 Å². The Morgan fingerprint density at radius 2 is 2.17 bits per heavy atom. The first-order valence-electron chi connectivity index (χ1n) is 5.88. The maximum Gasteiger partial charge on any atom is 0.328 e.